The van der Waals surface area contributed by atoms with Gasteiger partial charge in [-0.25, -0.2) is 22.7 Å². The molecule has 4 heterocycles. The number of carbonyl (C=O) groups excluding carboxylic acids is 5. The Bertz CT molecular complexity index is 1870. The number of sulfone groups is 1. The smallest absolute Gasteiger partial charge is 0.550 e. The van der Waals surface area contributed by atoms with Crippen LogP contribution in [0.25, 0.3) is 0 Å². The number of amides is 2. The summed E-state index contributed by atoms with van der Waals surface area (Å²) in [5, 5.41) is 29.4. The second-order valence-electron chi connectivity index (χ2n) is 12.1. The van der Waals surface area contributed by atoms with Crippen LogP contribution in [-0.4, -0.2) is 103 Å². The van der Waals surface area contributed by atoms with Gasteiger partial charge >= 0.3 is 41.5 Å². The van der Waals surface area contributed by atoms with Gasteiger partial charge in [0, 0.05) is 30.0 Å². The van der Waals surface area contributed by atoms with Crippen molar-refractivity contribution < 1.29 is 81.7 Å². The molecule has 4 N–H and O–H groups in total. The summed E-state index contributed by atoms with van der Waals surface area (Å²) in [5.41, 5.74) is 7.14. The molecule has 4 aliphatic rings. The molecule has 1 aromatic heterocycles. The standard InChI is InChI=1S/C16H17N3O4S.C14H17N3O7S.Na/c1-8-7-24-15-11(14(21)19(15)12(8)16(22)23)18-13(20)10(17)9-5-3-2-4-6-9;1-3-24-13(21)7-5-15-16-17(7)6-14(2)11(12(19)20)10-8(18)4-9(10)25(14,22)23;/h2-6,10-11,15H,7,17H2,1H3,(H,18,20)(H,22,23);5,9-11H,3-4,6H2,1-2H3,(H,19,20);/q;;+1/p-1/t10?,11-,15-;9?,10?,11-,14-;/m10./s1. The number of β-lactam (4-membered cyclic amide) rings is 1. The molecule has 20 heteroatoms. The summed E-state index contributed by atoms with van der Waals surface area (Å²) in [4.78, 5) is 72.6. The molecule has 17 nitrogen and oxygen atoms in total. The number of esters is 1. The van der Waals surface area contributed by atoms with E-state index in [4.69, 9.17) is 10.5 Å². The summed E-state index contributed by atoms with van der Waals surface area (Å²) >= 11 is 1.43. The van der Waals surface area contributed by atoms with Crippen molar-refractivity contribution in [2.24, 2.45) is 17.6 Å². The Kier molecular flexibility index (Phi) is 11.7. The Morgan fingerprint density at radius 1 is 1.22 bits per heavy atom. The molecule has 1 aromatic carbocycles. The van der Waals surface area contributed by atoms with Gasteiger partial charge in [-0.15, -0.1) is 16.9 Å². The zero-order valence-electron chi connectivity index (χ0n) is 27.5. The van der Waals surface area contributed by atoms with E-state index in [0.717, 1.165) is 10.9 Å². The Hall–Kier alpha value is -3.62. The predicted molar refractivity (Wildman–Crippen MR) is 167 cm³/mol. The molecule has 7 atom stereocenters. The molecule has 3 aliphatic heterocycles. The number of carboxylic acids is 2. The second-order valence-corrected chi connectivity index (χ2v) is 15.8. The van der Waals surface area contributed by atoms with Gasteiger partial charge < -0.3 is 30.8 Å². The van der Waals surface area contributed by atoms with Crippen LogP contribution in [-0.2, 0) is 45.1 Å². The molecule has 50 heavy (non-hydrogen) atoms. The molecule has 2 aromatic rings. The maximum absolute atomic E-state index is 12.8. The number of ketones is 1. The van der Waals surface area contributed by atoms with E-state index in [2.05, 4.69) is 15.6 Å². The number of rotatable bonds is 9. The van der Waals surface area contributed by atoms with E-state index in [9.17, 15) is 47.4 Å². The second kappa shape index (κ2) is 14.9. The molecule has 262 valence electrons. The van der Waals surface area contributed by atoms with Crippen molar-refractivity contribution in [2.45, 2.75) is 61.2 Å². The van der Waals surface area contributed by atoms with Gasteiger partial charge in [-0.1, -0.05) is 35.5 Å². The van der Waals surface area contributed by atoms with Gasteiger partial charge in [0.25, 0.3) is 5.91 Å². The Balaban J connectivity index is 0.000000220. The van der Waals surface area contributed by atoms with E-state index >= 15 is 0 Å². The van der Waals surface area contributed by atoms with Gasteiger partial charge in [-0.2, -0.15) is 0 Å². The van der Waals surface area contributed by atoms with Crippen LogP contribution in [0.15, 0.2) is 47.8 Å². The molecule has 2 amide bonds. The Labute approximate surface area is 312 Å². The number of benzene rings is 1. The monoisotopic (exact) mass is 740 g/mol. The number of aromatic nitrogens is 3. The first kappa shape index (κ1) is 39.2. The van der Waals surface area contributed by atoms with Crippen LogP contribution in [0.5, 0.6) is 0 Å². The average Bonchev–Trinajstić information content (AvgIpc) is 3.57. The molecule has 3 fully saturated rings. The summed E-state index contributed by atoms with van der Waals surface area (Å²) in [6.45, 7) is 4.19. The Morgan fingerprint density at radius 2 is 1.88 bits per heavy atom. The van der Waals surface area contributed by atoms with E-state index in [1.165, 1.54) is 23.6 Å². The van der Waals surface area contributed by atoms with Gasteiger partial charge in [-0.05, 0) is 31.9 Å². The van der Waals surface area contributed by atoms with Crippen molar-refractivity contribution >= 4 is 57.1 Å². The van der Waals surface area contributed by atoms with E-state index in [1.807, 2.05) is 6.07 Å². The molecule has 1 aliphatic carbocycles. The van der Waals surface area contributed by atoms with Gasteiger partial charge in [0.2, 0.25) is 5.91 Å². The number of fused-ring (bicyclic) bond motifs is 2. The van der Waals surface area contributed by atoms with Crippen molar-refractivity contribution in [3.8, 4) is 0 Å². The van der Waals surface area contributed by atoms with Crippen molar-refractivity contribution in [2.75, 3.05) is 12.4 Å². The third-order valence-electron chi connectivity index (χ3n) is 9.16. The van der Waals surface area contributed by atoms with Crippen molar-refractivity contribution in [3.05, 3.63) is 59.1 Å². The number of aliphatic carboxylic acids is 2. The van der Waals surface area contributed by atoms with Crippen LogP contribution in [0.2, 0.25) is 0 Å². The summed E-state index contributed by atoms with van der Waals surface area (Å²) in [6.07, 6.45) is 0.908. The predicted octanol–water partition coefficient (Wildman–Crippen LogP) is -4.59. The van der Waals surface area contributed by atoms with Gasteiger partial charge in [0.05, 0.1) is 29.3 Å². The zero-order chi connectivity index (χ0) is 36.0. The van der Waals surface area contributed by atoms with Crippen LogP contribution >= 0.6 is 11.8 Å². The third-order valence-corrected chi connectivity index (χ3v) is 13.5. The molecule has 3 unspecified atom stereocenters. The van der Waals surface area contributed by atoms with Crippen LogP contribution in [0, 0.1) is 11.8 Å². The van der Waals surface area contributed by atoms with Crippen molar-refractivity contribution in [3.63, 3.8) is 0 Å². The fraction of sp³-hybridized carbons (Fsp3) is 0.467. The molecular formula is C30H33N6NaO11S2. The molecule has 0 bridgehead atoms. The molecule has 0 radical (unpaired) electrons. The number of thioether (sulfide) groups is 1. The maximum Gasteiger partial charge on any atom is 1.00 e. The molecule has 2 saturated heterocycles. The number of nitrogens with one attached hydrogen (secondary N) is 1. The number of ether oxygens (including phenoxy) is 1. The topological polar surface area (TPSA) is 261 Å². The number of nitrogens with zero attached hydrogens (tertiary/aromatic N) is 4. The molecule has 1 saturated carbocycles. The SMILES string of the molecule is CC1=C(C(=O)O)N2C(=O)[C@@H](NC(=O)C(N)c3ccccc3)[C@H]2SC1.CCOC(=O)c1cnnn1C[C@@]1(C)[C@H](C(=O)[O-])C2C(=O)CC2S1(=O)=O.[Na+]. The number of hydrogen-bond acceptors (Lipinski definition) is 14. The average molecular weight is 741 g/mol. The van der Waals surface area contributed by atoms with E-state index < -0.39 is 91.2 Å². The van der Waals surface area contributed by atoms with E-state index in [1.54, 1.807) is 38.1 Å². The minimum atomic E-state index is -3.97. The summed E-state index contributed by atoms with van der Waals surface area (Å²) in [6, 6.07) is 7.23. The largest absolute Gasteiger partial charge is 1.00 e. The number of carbonyl (C=O) groups is 6. The first-order valence-corrected chi connectivity index (χ1v) is 17.7. The van der Waals surface area contributed by atoms with Gasteiger partial charge in [0.15, 0.2) is 15.5 Å². The first-order valence-electron chi connectivity index (χ1n) is 15.1. The minimum Gasteiger partial charge on any atom is -0.550 e. The minimum absolute atomic E-state index is 0. The number of hydrogen-bond donors (Lipinski definition) is 3. The quantitative estimate of drug-likeness (QED) is 0.124. The summed E-state index contributed by atoms with van der Waals surface area (Å²) < 4.78 is 29.7. The fourth-order valence-corrected chi connectivity index (χ4v) is 10.5. The van der Waals surface area contributed by atoms with Gasteiger partial charge in [0.1, 0.15) is 28.9 Å². The third kappa shape index (κ3) is 6.61. The first-order chi connectivity index (χ1) is 23.1. The Morgan fingerprint density at radius 3 is 2.46 bits per heavy atom. The van der Waals surface area contributed by atoms with Crippen LogP contribution in [0.3, 0.4) is 0 Å². The van der Waals surface area contributed by atoms with Crippen molar-refractivity contribution in [1.82, 2.24) is 25.2 Å². The molecule has 0 spiro atoms. The zero-order valence-corrected chi connectivity index (χ0v) is 31.1. The molecular weight excluding hydrogens is 707 g/mol. The number of carboxylic acid groups (broad SMARTS) is 2. The van der Waals surface area contributed by atoms with Crippen LogP contribution < -0.4 is 45.7 Å². The van der Waals surface area contributed by atoms with E-state index in [-0.39, 0.29) is 54.0 Å². The summed E-state index contributed by atoms with van der Waals surface area (Å²) in [7, 11) is -3.97. The van der Waals surface area contributed by atoms with Crippen LogP contribution in [0.4, 0.5) is 0 Å². The number of nitrogens with two attached hydrogens (primary N) is 1. The van der Waals surface area contributed by atoms with Gasteiger partial charge in [-0.3, -0.25) is 19.3 Å². The summed E-state index contributed by atoms with van der Waals surface area (Å²) in [5.74, 6) is -6.89. The number of Topliss-reactive ketones (excluding diaryl/α,β-unsaturated/α-hetero) is 1. The fourth-order valence-electron chi connectivity index (χ4n) is 6.56. The maximum atomic E-state index is 12.8. The van der Waals surface area contributed by atoms with Crippen molar-refractivity contribution in [1.29, 1.82) is 0 Å². The van der Waals surface area contributed by atoms with E-state index in [0.29, 0.717) is 16.9 Å². The molecule has 6 rings (SSSR count). The normalized spacial score (nSPS) is 27.9. The van der Waals surface area contributed by atoms with Crippen LogP contribution in [0.1, 0.15) is 49.3 Å².